The number of sulfonamides is 1. The average molecular weight is 315 g/mol. The van der Waals surface area contributed by atoms with Crippen molar-refractivity contribution in [1.29, 1.82) is 0 Å². The highest BCUT2D eigenvalue weighted by Crippen LogP contribution is 2.21. The quantitative estimate of drug-likeness (QED) is 0.817. The van der Waals surface area contributed by atoms with E-state index in [1.165, 1.54) is 5.57 Å². The Morgan fingerprint density at radius 3 is 2.09 bits per heavy atom. The molecule has 0 heterocycles. The fourth-order valence-electron chi connectivity index (χ4n) is 2.15. The molecule has 0 saturated heterocycles. The van der Waals surface area contributed by atoms with Gasteiger partial charge in [0.25, 0.3) is 0 Å². The van der Waals surface area contributed by atoms with E-state index in [0.717, 1.165) is 5.56 Å². The number of rotatable bonds is 6. The molecule has 2 aromatic rings. The van der Waals surface area contributed by atoms with Crippen LogP contribution in [0.4, 0.5) is 0 Å². The van der Waals surface area contributed by atoms with Gasteiger partial charge in [0.15, 0.2) is 0 Å². The largest absolute Gasteiger partial charge is 0.241 e. The van der Waals surface area contributed by atoms with Gasteiger partial charge in [0.2, 0.25) is 10.0 Å². The van der Waals surface area contributed by atoms with E-state index < -0.39 is 10.0 Å². The topological polar surface area (TPSA) is 46.2 Å². The molecule has 2 aromatic carbocycles. The van der Waals surface area contributed by atoms with E-state index in [2.05, 4.69) is 4.72 Å². The standard InChI is InChI=1S/C18H21NO2S/c1-15(2)13-14-18(16-9-5-3-6-10-16)19-22(20,21)17-11-7-4-8-12-17/h3-13,18-19H,14H2,1-2H3. The van der Waals surface area contributed by atoms with Crippen molar-refractivity contribution in [3.8, 4) is 0 Å². The van der Waals surface area contributed by atoms with Gasteiger partial charge < -0.3 is 0 Å². The van der Waals surface area contributed by atoms with Crippen LogP contribution < -0.4 is 4.72 Å². The van der Waals surface area contributed by atoms with Crippen molar-refractivity contribution in [1.82, 2.24) is 4.72 Å². The molecule has 3 nitrogen and oxygen atoms in total. The minimum absolute atomic E-state index is 0.277. The van der Waals surface area contributed by atoms with Crippen LogP contribution in [0.5, 0.6) is 0 Å². The third-order valence-corrected chi connectivity index (χ3v) is 4.80. The van der Waals surface area contributed by atoms with Gasteiger partial charge in [-0.3, -0.25) is 0 Å². The van der Waals surface area contributed by atoms with Gasteiger partial charge in [-0.2, -0.15) is 0 Å². The highest BCUT2D eigenvalue weighted by molar-refractivity contribution is 7.89. The molecule has 116 valence electrons. The zero-order valence-electron chi connectivity index (χ0n) is 12.9. The highest BCUT2D eigenvalue weighted by Gasteiger charge is 2.20. The molecule has 2 rings (SSSR count). The van der Waals surface area contributed by atoms with Crippen LogP contribution in [0.15, 0.2) is 77.2 Å². The zero-order chi connectivity index (χ0) is 16.0. The molecule has 0 spiro atoms. The second kappa shape index (κ2) is 7.38. The Morgan fingerprint density at radius 2 is 1.55 bits per heavy atom. The normalized spacial score (nSPS) is 12.6. The van der Waals surface area contributed by atoms with Gasteiger partial charge in [-0.1, -0.05) is 60.2 Å². The number of nitrogens with one attached hydrogen (secondary N) is 1. The highest BCUT2D eigenvalue weighted by atomic mass is 32.2. The second-order valence-electron chi connectivity index (χ2n) is 5.41. The predicted octanol–water partition coefficient (Wildman–Crippen LogP) is 4.06. The molecule has 0 aliphatic heterocycles. The van der Waals surface area contributed by atoms with Gasteiger partial charge in [0, 0.05) is 0 Å². The molecule has 1 atom stereocenters. The molecule has 0 amide bonds. The van der Waals surface area contributed by atoms with Crippen LogP contribution in [-0.4, -0.2) is 8.42 Å². The summed E-state index contributed by atoms with van der Waals surface area (Å²) in [7, 11) is -3.53. The molecule has 22 heavy (non-hydrogen) atoms. The summed E-state index contributed by atoms with van der Waals surface area (Å²) in [6.45, 7) is 4.02. The number of hydrogen-bond donors (Lipinski definition) is 1. The van der Waals surface area contributed by atoms with E-state index in [-0.39, 0.29) is 10.9 Å². The van der Waals surface area contributed by atoms with E-state index in [0.29, 0.717) is 6.42 Å². The third-order valence-electron chi connectivity index (χ3n) is 3.31. The zero-order valence-corrected chi connectivity index (χ0v) is 13.7. The maximum absolute atomic E-state index is 12.5. The molecule has 1 unspecified atom stereocenters. The van der Waals surface area contributed by atoms with Crippen LogP contribution in [-0.2, 0) is 10.0 Å². The molecule has 0 bridgehead atoms. The third kappa shape index (κ3) is 4.55. The van der Waals surface area contributed by atoms with Crippen LogP contribution >= 0.6 is 0 Å². The van der Waals surface area contributed by atoms with Crippen molar-refractivity contribution in [3.63, 3.8) is 0 Å². The van der Waals surface area contributed by atoms with Crippen molar-refractivity contribution < 1.29 is 8.42 Å². The van der Waals surface area contributed by atoms with Crippen molar-refractivity contribution in [2.75, 3.05) is 0 Å². The molecule has 4 heteroatoms. The van der Waals surface area contributed by atoms with Gasteiger partial charge >= 0.3 is 0 Å². The van der Waals surface area contributed by atoms with E-state index >= 15 is 0 Å². The Hall–Kier alpha value is -1.91. The van der Waals surface area contributed by atoms with Crippen molar-refractivity contribution in [3.05, 3.63) is 77.9 Å². The van der Waals surface area contributed by atoms with E-state index in [9.17, 15) is 8.42 Å². The lowest BCUT2D eigenvalue weighted by Gasteiger charge is -2.18. The van der Waals surface area contributed by atoms with Crippen molar-refractivity contribution in [2.24, 2.45) is 0 Å². The van der Waals surface area contributed by atoms with Gasteiger partial charge in [-0.25, -0.2) is 13.1 Å². The number of hydrogen-bond acceptors (Lipinski definition) is 2. The fourth-order valence-corrected chi connectivity index (χ4v) is 3.40. The molecule has 0 radical (unpaired) electrons. The first-order valence-electron chi connectivity index (χ1n) is 7.25. The lowest BCUT2D eigenvalue weighted by molar-refractivity contribution is 0.557. The smallest absolute Gasteiger partial charge is 0.207 e. The first-order chi connectivity index (χ1) is 10.5. The summed E-state index contributed by atoms with van der Waals surface area (Å²) in [4.78, 5) is 0.285. The summed E-state index contributed by atoms with van der Waals surface area (Å²) in [5.74, 6) is 0. The average Bonchev–Trinajstić information content (AvgIpc) is 2.53. The molecule has 0 saturated carbocycles. The maximum atomic E-state index is 12.5. The molecule has 0 aromatic heterocycles. The minimum atomic E-state index is -3.53. The molecular weight excluding hydrogens is 294 g/mol. The van der Waals surface area contributed by atoms with E-state index in [1.54, 1.807) is 30.3 Å². The summed E-state index contributed by atoms with van der Waals surface area (Å²) in [5.41, 5.74) is 2.12. The van der Waals surface area contributed by atoms with Gasteiger partial charge in [0.05, 0.1) is 10.9 Å². The number of allylic oxidation sites excluding steroid dienone is 1. The lowest BCUT2D eigenvalue weighted by Crippen LogP contribution is -2.28. The van der Waals surface area contributed by atoms with Crippen LogP contribution in [0.2, 0.25) is 0 Å². The Kier molecular flexibility index (Phi) is 5.52. The first-order valence-corrected chi connectivity index (χ1v) is 8.73. The lowest BCUT2D eigenvalue weighted by atomic mass is 10.0. The monoisotopic (exact) mass is 315 g/mol. The van der Waals surface area contributed by atoms with Gasteiger partial charge in [-0.15, -0.1) is 0 Å². The van der Waals surface area contributed by atoms with Gasteiger partial charge in [0.1, 0.15) is 0 Å². The Bertz CT molecular complexity index is 718. The SMILES string of the molecule is CC(C)=CCC(NS(=O)(=O)c1ccccc1)c1ccccc1. The molecule has 0 fully saturated rings. The molecular formula is C18H21NO2S. The Labute approximate surface area is 132 Å². The van der Waals surface area contributed by atoms with E-state index in [4.69, 9.17) is 0 Å². The van der Waals surface area contributed by atoms with Crippen LogP contribution in [0.3, 0.4) is 0 Å². The number of benzene rings is 2. The predicted molar refractivity (Wildman–Crippen MR) is 90.0 cm³/mol. The summed E-state index contributed by atoms with van der Waals surface area (Å²) in [6.07, 6.45) is 2.67. The Morgan fingerprint density at radius 1 is 1.00 bits per heavy atom. The van der Waals surface area contributed by atoms with Crippen molar-refractivity contribution >= 4 is 10.0 Å². The molecule has 0 aliphatic carbocycles. The summed E-state index contributed by atoms with van der Waals surface area (Å²) in [5, 5.41) is 0. The summed E-state index contributed by atoms with van der Waals surface area (Å²) in [6, 6.07) is 17.8. The Balaban J connectivity index is 2.29. The summed E-state index contributed by atoms with van der Waals surface area (Å²) < 4.78 is 27.9. The van der Waals surface area contributed by atoms with E-state index in [1.807, 2.05) is 50.3 Å². The summed E-state index contributed by atoms with van der Waals surface area (Å²) >= 11 is 0. The molecule has 1 N–H and O–H groups in total. The minimum Gasteiger partial charge on any atom is -0.207 e. The maximum Gasteiger partial charge on any atom is 0.241 e. The van der Waals surface area contributed by atoms with Crippen LogP contribution in [0.1, 0.15) is 31.9 Å². The second-order valence-corrected chi connectivity index (χ2v) is 7.13. The van der Waals surface area contributed by atoms with Crippen LogP contribution in [0, 0.1) is 0 Å². The van der Waals surface area contributed by atoms with Gasteiger partial charge in [-0.05, 0) is 38.0 Å². The van der Waals surface area contributed by atoms with Crippen molar-refractivity contribution in [2.45, 2.75) is 31.2 Å². The van der Waals surface area contributed by atoms with Crippen LogP contribution in [0.25, 0.3) is 0 Å². The first kappa shape index (κ1) is 16.5. The fraction of sp³-hybridized carbons (Fsp3) is 0.222. The molecule has 0 aliphatic rings.